The molecule has 0 saturated heterocycles. The predicted octanol–water partition coefficient (Wildman–Crippen LogP) is 4.92. The molecule has 1 aliphatic rings. The van der Waals surface area contributed by atoms with Crippen molar-refractivity contribution in [3.05, 3.63) is 55.7 Å². The molecule has 0 spiro atoms. The quantitative estimate of drug-likeness (QED) is 0.700. The maximum Gasteiger partial charge on any atom is 0.0308 e. The van der Waals surface area contributed by atoms with Crippen molar-refractivity contribution >= 4 is 38.9 Å². The molecule has 80 valence electrons. The zero-order valence-corrected chi connectivity index (χ0v) is 11.4. The zero-order valence-electron chi connectivity index (χ0n) is 8.96. The van der Waals surface area contributed by atoms with E-state index in [2.05, 4.69) is 59.3 Å². The monoisotopic (exact) mass is 290 g/mol. The van der Waals surface area contributed by atoms with Crippen LogP contribution in [0.2, 0.25) is 0 Å². The van der Waals surface area contributed by atoms with E-state index in [1.165, 1.54) is 30.9 Å². The number of hydrogen-bond donors (Lipinski definition) is 0. The Morgan fingerprint density at radius 1 is 1.19 bits per heavy atom. The van der Waals surface area contributed by atoms with Gasteiger partial charge in [-0.05, 0) is 47.9 Å². The first-order valence-corrected chi connectivity index (χ1v) is 6.90. The van der Waals surface area contributed by atoms with E-state index in [9.17, 15) is 0 Å². The lowest BCUT2D eigenvalue weighted by Gasteiger charge is -2.01. The minimum Gasteiger partial charge on any atom is -0.141 e. The van der Waals surface area contributed by atoms with E-state index in [4.69, 9.17) is 0 Å². The number of allylic oxidation sites excluding steroid dienone is 1. The van der Waals surface area contributed by atoms with Gasteiger partial charge in [0.05, 0.1) is 0 Å². The molecule has 2 heteroatoms. The van der Waals surface area contributed by atoms with E-state index in [1.54, 1.807) is 0 Å². The van der Waals surface area contributed by atoms with Crippen LogP contribution in [-0.2, 0) is 6.42 Å². The molecule has 1 aromatic heterocycles. The van der Waals surface area contributed by atoms with Crippen LogP contribution in [0.1, 0.15) is 20.9 Å². The molecule has 0 amide bonds. The Kier molecular flexibility index (Phi) is 2.49. The van der Waals surface area contributed by atoms with Crippen LogP contribution in [0.15, 0.2) is 34.8 Å². The van der Waals surface area contributed by atoms with Crippen LogP contribution in [0, 0.1) is 6.92 Å². The molecule has 1 aromatic carbocycles. The summed E-state index contributed by atoms with van der Waals surface area (Å²) in [5.74, 6) is 0. The molecule has 2 aromatic rings. The van der Waals surface area contributed by atoms with Gasteiger partial charge in [0.2, 0.25) is 0 Å². The summed E-state index contributed by atoms with van der Waals surface area (Å²) < 4.78 is 1.23. The summed E-state index contributed by atoms with van der Waals surface area (Å²) in [7, 11) is 0. The SMILES string of the molecule is Cc1ccc(C2=Cc3cccc(Br)c3C2)s1. The number of halogens is 1. The molecule has 1 aliphatic carbocycles. The maximum atomic E-state index is 3.62. The van der Waals surface area contributed by atoms with Gasteiger partial charge in [-0.15, -0.1) is 11.3 Å². The van der Waals surface area contributed by atoms with E-state index in [1.807, 2.05) is 11.3 Å². The molecule has 0 radical (unpaired) electrons. The lowest BCUT2D eigenvalue weighted by atomic mass is 10.1. The fraction of sp³-hybridized carbons (Fsp3) is 0.143. The van der Waals surface area contributed by atoms with Crippen molar-refractivity contribution in [2.24, 2.45) is 0 Å². The number of benzene rings is 1. The van der Waals surface area contributed by atoms with Crippen molar-refractivity contribution < 1.29 is 0 Å². The second kappa shape index (κ2) is 3.86. The summed E-state index contributed by atoms with van der Waals surface area (Å²) in [5.41, 5.74) is 4.22. The normalized spacial score (nSPS) is 13.8. The van der Waals surface area contributed by atoms with Gasteiger partial charge in [0.25, 0.3) is 0 Å². The van der Waals surface area contributed by atoms with Crippen LogP contribution in [0.3, 0.4) is 0 Å². The molecular weight excluding hydrogens is 280 g/mol. The molecular formula is C14H11BrS. The molecule has 0 N–H and O–H groups in total. The molecule has 0 atom stereocenters. The lowest BCUT2D eigenvalue weighted by Crippen LogP contribution is -1.84. The van der Waals surface area contributed by atoms with Crippen molar-refractivity contribution in [3.8, 4) is 0 Å². The van der Waals surface area contributed by atoms with Gasteiger partial charge >= 0.3 is 0 Å². The van der Waals surface area contributed by atoms with Crippen LogP contribution in [0.5, 0.6) is 0 Å². The van der Waals surface area contributed by atoms with E-state index >= 15 is 0 Å². The highest BCUT2D eigenvalue weighted by Gasteiger charge is 2.16. The summed E-state index contributed by atoms with van der Waals surface area (Å²) in [6, 6.07) is 10.8. The molecule has 0 aliphatic heterocycles. The van der Waals surface area contributed by atoms with Crippen molar-refractivity contribution in [2.45, 2.75) is 13.3 Å². The van der Waals surface area contributed by atoms with Gasteiger partial charge in [0, 0.05) is 20.6 Å². The first-order valence-electron chi connectivity index (χ1n) is 5.29. The van der Waals surface area contributed by atoms with Crippen molar-refractivity contribution in [1.82, 2.24) is 0 Å². The van der Waals surface area contributed by atoms with Crippen LogP contribution in [0.4, 0.5) is 0 Å². The Bertz CT molecular complexity index is 578. The van der Waals surface area contributed by atoms with Crippen molar-refractivity contribution in [2.75, 3.05) is 0 Å². The zero-order chi connectivity index (χ0) is 11.1. The summed E-state index contributed by atoms with van der Waals surface area (Å²) in [5, 5.41) is 0. The van der Waals surface area contributed by atoms with Crippen LogP contribution in [0.25, 0.3) is 11.6 Å². The Balaban J connectivity index is 2.03. The molecule has 0 unspecified atom stereocenters. The fourth-order valence-corrected chi connectivity index (χ4v) is 3.49. The number of aryl methyl sites for hydroxylation is 1. The minimum absolute atomic E-state index is 1.05. The number of rotatable bonds is 1. The molecule has 0 bridgehead atoms. The van der Waals surface area contributed by atoms with Crippen molar-refractivity contribution in [3.63, 3.8) is 0 Å². The van der Waals surface area contributed by atoms with Crippen LogP contribution >= 0.6 is 27.3 Å². The third-order valence-electron chi connectivity index (χ3n) is 2.91. The molecule has 0 nitrogen and oxygen atoms in total. The smallest absolute Gasteiger partial charge is 0.0308 e. The van der Waals surface area contributed by atoms with Crippen LogP contribution < -0.4 is 0 Å². The van der Waals surface area contributed by atoms with Gasteiger partial charge in [0.15, 0.2) is 0 Å². The summed E-state index contributed by atoms with van der Waals surface area (Å²) >= 11 is 5.50. The Morgan fingerprint density at radius 3 is 2.75 bits per heavy atom. The standard InChI is InChI=1S/C14H11BrS/c1-9-5-6-14(16-9)11-7-10-3-2-4-13(15)12(10)8-11/h2-7H,8H2,1H3. The highest BCUT2D eigenvalue weighted by Crippen LogP contribution is 2.37. The molecule has 3 rings (SSSR count). The largest absolute Gasteiger partial charge is 0.141 e. The van der Waals surface area contributed by atoms with Crippen LogP contribution in [-0.4, -0.2) is 0 Å². The molecule has 0 fully saturated rings. The van der Waals surface area contributed by atoms with Gasteiger partial charge in [-0.2, -0.15) is 0 Å². The number of fused-ring (bicyclic) bond motifs is 1. The Morgan fingerprint density at radius 2 is 2.06 bits per heavy atom. The second-order valence-corrected chi connectivity index (χ2v) is 6.21. The first-order chi connectivity index (χ1) is 7.74. The van der Waals surface area contributed by atoms with Gasteiger partial charge in [-0.3, -0.25) is 0 Å². The second-order valence-electron chi connectivity index (χ2n) is 4.06. The third kappa shape index (κ3) is 1.66. The first kappa shape index (κ1) is 10.3. The van der Waals surface area contributed by atoms with Gasteiger partial charge in [0.1, 0.15) is 0 Å². The Labute approximate surface area is 108 Å². The average molecular weight is 291 g/mol. The predicted molar refractivity (Wildman–Crippen MR) is 74.8 cm³/mol. The molecule has 1 heterocycles. The van der Waals surface area contributed by atoms with E-state index in [0.717, 1.165) is 6.42 Å². The van der Waals surface area contributed by atoms with E-state index in [-0.39, 0.29) is 0 Å². The lowest BCUT2D eigenvalue weighted by molar-refractivity contribution is 1.30. The van der Waals surface area contributed by atoms with E-state index in [0.29, 0.717) is 0 Å². The number of hydrogen-bond acceptors (Lipinski definition) is 1. The summed E-state index contributed by atoms with van der Waals surface area (Å²) in [6.45, 7) is 2.16. The Hall–Kier alpha value is -0.860. The third-order valence-corrected chi connectivity index (χ3v) is 4.73. The van der Waals surface area contributed by atoms with Crippen molar-refractivity contribution in [1.29, 1.82) is 0 Å². The molecule has 0 saturated carbocycles. The molecule has 16 heavy (non-hydrogen) atoms. The highest BCUT2D eigenvalue weighted by atomic mass is 79.9. The average Bonchev–Trinajstić information content (AvgIpc) is 2.84. The van der Waals surface area contributed by atoms with Gasteiger partial charge in [-0.1, -0.05) is 28.1 Å². The summed E-state index contributed by atoms with van der Waals surface area (Å²) in [6.07, 6.45) is 3.36. The minimum atomic E-state index is 1.05. The fourth-order valence-electron chi connectivity index (χ4n) is 2.09. The maximum absolute atomic E-state index is 3.62. The van der Waals surface area contributed by atoms with Gasteiger partial charge in [-0.25, -0.2) is 0 Å². The van der Waals surface area contributed by atoms with E-state index < -0.39 is 0 Å². The topological polar surface area (TPSA) is 0 Å². The number of thiophene rings is 1. The highest BCUT2D eigenvalue weighted by molar-refractivity contribution is 9.10. The summed E-state index contributed by atoms with van der Waals surface area (Å²) in [4.78, 5) is 2.78. The van der Waals surface area contributed by atoms with Gasteiger partial charge < -0.3 is 0 Å².